The van der Waals surface area contributed by atoms with Gasteiger partial charge in [0.05, 0.1) is 18.7 Å². The molecule has 1 heterocycles. The van der Waals surface area contributed by atoms with E-state index in [0.717, 1.165) is 0 Å². The molecule has 2 amide bonds. The van der Waals surface area contributed by atoms with Crippen LogP contribution in [-0.2, 0) is 9.53 Å². The third-order valence-corrected chi connectivity index (χ3v) is 2.26. The molecule has 0 radical (unpaired) electrons. The second-order valence-electron chi connectivity index (χ2n) is 6.12. The van der Waals surface area contributed by atoms with Crippen molar-refractivity contribution in [3.05, 3.63) is 0 Å². The van der Waals surface area contributed by atoms with Gasteiger partial charge in [0, 0.05) is 6.42 Å². The molecule has 1 N–H and O–H groups in total. The second-order valence-corrected chi connectivity index (χ2v) is 6.12. The maximum absolute atomic E-state index is 11.9. The molecule has 0 unspecified atom stereocenters. The minimum Gasteiger partial charge on any atom is -0.442 e. The van der Waals surface area contributed by atoms with E-state index >= 15 is 0 Å². The van der Waals surface area contributed by atoms with Crippen LogP contribution in [0.5, 0.6) is 0 Å². The van der Waals surface area contributed by atoms with E-state index in [4.69, 9.17) is 4.74 Å². The Morgan fingerprint density at radius 3 is 2.33 bits per heavy atom. The minimum atomic E-state index is -1.06. The van der Waals surface area contributed by atoms with Crippen molar-refractivity contribution < 1.29 is 19.4 Å². The molecule has 6 nitrogen and oxygen atoms in total. The zero-order valence-electron chi connectivity index (χ0n) is 11.7. The van der Waals surface area contributed by atoms with Gasteiger partial charge in [0.1, 0.15) is 5.60 Å². The maximum Gasteiger partial charge on any atom is 0.429 e. The third kappa shape index (κ3) is 4.18. The lowest BCUT2D eigenvalue weighted by Crippen LogP contribution is -2.50. The van der Waals surface area contributed by atoms with E-state index in [2.05, 4.69) is 0 Å². The predicted molar refractivity (Wildman–Crippen MR) is 65.6 cm³/mol. The molecule has 1 fully saturated rings. The summed E-state index contributed by atoms with van der Waals surface area (Å²) in [5.74, 6) is -0.178. The molecule has 0 atom stereocenters. The van der Waals surface area contributed by atoms with Gasteiger partial charge >= 0.3 is 6.09 Å². The Morgan fingerprint density at radius 2 is 1.89 bits per heavy atom. The van der Waals surface area contributed by atoms with E-state index in [1.54, 1.807) is 34.6 Å². The monoisotopic (exact) mass is 258 g/mol. The SMILES string of the molecule is CC(C)(O)CN1C(=O)CCN1C(=O)OC(C)(C)C. The highest BCUT2D eigenvalue weighted by Crippen LogP contribution is 2.19. The highest BCUT2D eigenvalue weighted by atomic mass is 16.6. The number of aliphatic hydroxyl groups is 1. The highest BCUT2D eigenvalue weighted by molar-refractivity contribution is 5.82. The van der Waals surface area contributed by atoms with Crippen LogP contribution in [0.25, 0.3) is 0 Å². The van der Waals surface area contributed by atoms with Crippen molar-refractivity contribution in [2.24, 2.45) is 0 Å². The first-order valence-corrected chi connectivity index (χ1v) is 6.03. The van der Waals surface area contributed by atoms with Crippen LogP contribution in [0.2, 0.25) is 0 Å². The van der Waals surface area contributed by atoms with E-state index in [9.17, 15) is 14.7 Å². The summed E-state index contributed by atoms with van der Waals surface area (Å²) in [6, 6.07) is 0. The predicted octanol–water partition coefficient (Wildman–Crippen LogP) is 1.14. The number of hydrazine groups is 1. The average molecular weight is 258 g/mol. The molecule has 0 saturated carbocycles. The van der Waals surface area contributed by atoms with E-state index in [1.165, 1.54) is 10.0 Å². The van der Waals surface area contributed by atoms with Gasteiger partial charge in [-0.15, -0.1) is 0 Å². The highest BCUT2D eigenvalue weighted by Gasteiger charge is 2.37. The Hall–Kier alpha value is -1.30. The van der Waals surface area contributed by atoms with E-state index in [0.29, 0.717) is 6.54 Å². The van der Waals surface area contributed by atoms with Crippen LogP contribution in [0.15, 0.2) is 0 Å². The van der Waals surface area contributed by atoms with Crippen molar-refractivity contribution in [1.82, 2.24) is 10.0 Å². The van der Waals surface area contributed by atoms with E-state index in [1.807, 2.05) is 0 Å². The van der Waals surface area contributed by atoms with E-state index < -0.39 is 17.3 Å². The van der Waals surface area contributed by atoms with Gasteiger partial charge in [0.2, 0.25) is 5.91 Å². The van der Waals surface area contributed by atoms with Crippen LogP contribution in [0.3, 0.4) is 0 Å². The van der Waals surface area contributed by atoms with Crippen LogP contribution < -0.4 is 0 Å². The molecule has 18 heavy (non-hydrogen) atoms. The fourth-order valence-corrected chi connectivity index (χ4v) is 1.63. The Kier molecular flexibility index (Phi) is 3.90. The summed E-state index contributed by atoms with van der Waals surface area (Å²) in [4.78, 5) is 23.6. The number of carbonyl (C=O) groups is 2. The number of ether oxygens (including phenoxy) is 1. The Bertz CT molecular complexity index is 341. The van der Waals surface area contributed by atoms with Crippen LogP contribution in [0.4, 0.5) is 4.79 Å². The lowest BCUT2D eigenvalue weighted by atomic mass is 10.1. The van der Waals surface area contributed by atoms with Gasteiger partial charge in [-0.25, -0.2) is 14.8 Å². The quantitative estimate of drug-likeness (QED) is 0.806. The van der Waals surface area contributed by atoms with Crippen LogP contribution in [0, 0.1) is 0 Å². The Morgan fingerprint density at radius 1 is 1.33 bits per heavy atom. The van der Waals surface area contributed by atoms with Crippen molar-refractivity contribution in [3.8, 4) is 0 Å². The number of hydrogen-bond acceptors (Lipinski definition) is 4. The van der Waals surface area contributed by atoms with Crippen LogP contribution in [0.1, 0.15) is 41.0 Å². The standard InChI is InChI=1S/C12H22N2O4/c1-11(2,3)18-10(16)13-7-6-9(15)14(13)8-12(4,5)17/h17H,6-8H2,1-5H3. The maximum atomic E-state index is 11.9. The summed E-state index contributed by atoms with van der Waals surface area (Å²) in [6.45, 7) is 8.85. The van der Waals surface area contributed by atoms with Crippen molar-refractivity contribution in [3.63, 3.8) is 0 Å². The summed E-state index contributed by atoms with van der Waals surface area (Å²) in [6.07, 6.45) is -0.299. The Balaban J connectivity index is 2.75. The van der Waals surface area contributed by atoms with Crippen molar-refractivity contribution in [1.29, 1.82) is 0 Å². The molecule has 1 aliphatic heterocycles. The molecule has 0 aromatic carbocycles. The van der Waals surface area contributed by atoms with Gasteiger partial charge in [-0.2, -0.15) is 0 Å². The normalized spacial score (nSPS) is 17.3. The lowest BCUT2D eigenvalue weighted by Gasteiger charge is -2.33. The molecule has 0 spiro atoms. The van der Waals surface area contributed by atoms with Crippen molar-refractivity contribution in [2.75, 3.05) is 13.1 Å². The molecule has 6 heteroatoms. The lowest BCUT2D eigenvalue weighted by molar-refractivity contribution is -0.142. The van der Waals surface area contributed by atoms with Gasteiger partial charge in [0.15, 0.2) is 0 Å². The molecule has 0 aromatic heterocycles. The molecule has 1 saturated heterocycles. The molecule has 1 rings (SSSR count). The summed E-state index contributed by atoms with van der Waals surface area (Å²) >= 11 is 0. The fraction of sp³-hybridized carbons (Fsp3) is 0.833. The topological polar surface area (TPSA) is 70.1 Å². The number of rotatable bonds is 2. The third-order valence-electron chi connectivity index (χ3n) is 2.26. The van der Waals surface area contributed by atoms with Gasteiger partial charge in [-0.1, -0.05) is 0 Å². The van der Waals surface area contributed by atoms with Crippen molar-refractivity contribution in [2.45, 2.75) is 52.2 Å². The summed E-state index contributed by atoms with van der Waals surface area (Å²) in [5, 5.41) is 12.3. The first-order chi connectivity index (χ1) is 7.99. The number of nitrogens with zero attached hydrogens (tertiary/aromatic N) is 2. The second kappa shape index (κ2) is 4.76. The molecule has 104 valence electrons. The molecule has 0 aromatic rings. The van der Waals surface area contributed by atoms with Gasteiger partial charge in [-0.3, -0.25) is 4.79 Å². The summed E-state index contributed by atoms with van der Waals surface area (Å²) in [7, 11) is 0. The molecular weight excluding hydrogens is 236 g/mol. The molecule has 0 bridgehead atoms. The van der Waals surface area contributed by atoms with Gasteiger partial charge in [-0.05, 0) is 34.6 Å². The first kappa shape index (κ1) is 14.8. The number of amides is 2. The average Bonchev–Trinajstić information content (AvgIpc) is 2.42. The molecule has 0 aliphatic carbocycles. The fourth-order valence-electron chi connectivity index (χ4n) is 1.63. The summed E-state index contributed by atoms with van der Waals surface area (Å²) < 4.78 is 5.23. The largest absolute Gasteiger partial charge is 0.442 e. The van der Waals surface area contributed by atoms with Gasteiger partial charge < -0.3 is 9.84 Å². The smallest absolute Gasteiger partial charge is 0.429 e. The zero-order chi connectivity index (χ0) is 14.1. The van der Waals surface area contributed by atoms with Gasteiger partial charge in [0.25, 0.3) is 0 Å². The number of hydrogen-bond donors (Lipinski definition) is 1. The van der Waals surface area contributed by atoms with E-state index in [-0.39, 0.29) is 18.9 Å². The number of carbonyl (C=O) groups excluding carboxylic acids is 2. The molecular formula is C12H22N2O4. The summed E-state index contributed by atoms with van der Waals surface area (Å²) in [5.41, 5.74) is -1.66. The van der Waals surface area contributed by atoms with Crippen LogP contribution >= 0.6 is 0 Å². The van der Waals surface area contributed by atoms with Crippen molar-refractivity contribution >= 4 is 12.0 Å². The molecule has 1 aliphatic rings. The number of β-amino-alcohol motifs (C(OH)–C–C–N with tert-alkyl or cyclic N) is 1. The van der Waals surface area contributed by atoms with Crippen LogP contribution in [-0.4, -0.2) is 51.4 Å². The first-order valence-electron chi connectivity index (χ1n) is 6.03. The Labute approximate surface area is 107 Å². The zero-order valence-corrected chi connectivity index (χ0v) is 11.7. The minimum absolute atomic E-state index is 0.0745.